The SMILES string of the molecule is COc1cc(P(C)(C)=O)cc(Cl)c1[N+](=O)[O-]. The van der Waals surface area contributed by atoms with Gasteiger partial charge in [0.1, 0.15) is 12.2 Å². The number of nitro groups is 1. The summed E-state index contributed by atoms with van der Waals surface area (Å²) >= 11 is 5.77. The third-order valence-electron chi connectivity index (χ3n) is 2.04. The molecule has 0 aliphatic rings. The van der Waals surface area contributed by atoms with E-state index in [1.54, 1.807) is 13.3 Å². The summed E-state index contributed by atoms with van der Waals surface area (Å²) in [6.07, 6.45) is 0. The van der Waals surface area contributed by atoms with E-state index in [9.17, 15) is 14.7 Å². The zero-order chi connectivity index (χ0) is 12.5. The zero-order valence-corrected chi connectivity index (χ0v) is 10.7. The molecule has 0 unspecified atom stereocenters. The van der Waals surface area contributed by atoms with Crippen molar-refractivity contribution in [3.63, 3.8) is 0 Å². The molecule has 0 saturated heterocycles. The number of nitrogens with zero attached hydrogens (tertiary/aromatic N) is 1. The van der Waals surface area contributed by atoms with E-state index >= 15 is 0 Å². The Morgan fingerprint density at radius 2 is 2.00 bits per heavy atom. The summed E-state index contributed by atoms with van der Waals surface area (Å²) in [6, 6.07) is 2.74. The van der Waals surface area contributed by atoms with Crippen molar-refractivity contribution < 1.29 is 14.2 Å². The molecule has 0 spiro atoms. The van der Waals surface area contributed by atoms with Gasteiger partial charge in [-0.1, -0.05) is 11.6 Å². The van der Waals surface area contributed by atoms with Gasteiger partial charge in [0.15, 0.2) is 5.75 Å². The van der Waals surface area contributed by atoms with E-state index in [4.69, 9.17) is 16.3 Å². The first-order chi connectivity index (χ1) is 7.27. The topological polar surface area (TPSA) is 69.4 Å². The van der Waals surface area contributed by atoms with Gasteiger partial charge in [0.05, 0.1) is 12.0 Å². The van der Waals surface area contributed by atoms with Gasteiger partial charge in [-0.25, -0.2) is 0 Å². The van der Waals surface area contributed by atoms with Gasteiger partial charge in [-0.15, -0.1) is 0 Å². The second kappa shape index (κ2) is 4.44. The molecule has 88 valence electrons. The fourth-order valence-electron chi connectivity index (χ4n) is 1.20. The predicted molar refractivity (Wildman–Crippen MR) is 63.7 cm³/mol. The molecule has 0 N–H and O–H groups in total. The van der Waals surface area contributed by atoms with Crippen LogP contribution in [0.4, 0.5) is 5.69 Å². The molecule has 16 heavy (non-hydrogen) atoms. The van der Waals surface area contributed by atoms with Gasteiger partial charge in [0, 0.05) is 5.30 Å². The number of nitro benzene ring substituents is 1. The van der Waals surface area contributed by atoms with Crippen molar-refractivity contribution in [2.45, 2.75) is 0 Å². The monoisotopic (exact) mass is 263 g/mol. The number of rotatable bonds is 3. The Morgan fingerprint density at radius 1 is 1.44 bits per heavy atom. The first-order valence-corrected chi connectivity index (χ1v) is 7.32. The summed E-state index contributed by atoms with van der Waals surface area (Å²) in [7, 11) is -1.22. The van der Waals surface area contributed by atoms with Crippen LogP contribution in [-0.2, 0) is 4.57 Å². The highest BCUT2D eigenvalue weighted by molar-refractivity contribution is 7.70. The Morgan fingerprint density at radius 3 is 2.38 bits per heavy atom. The largest absolute Gasteiger partial charge is 0.490 e. The third kappa shape index (κ3) is 2.54. The molecule has 5 nitrogen and oxygen atoms in total. The second-order valence-corrected chi connectivity index (χ2v) is 7.21. The van der Waals surface area contributed by atoms with E-state index in [1.807, 2.05) is 0 Å². The molecular formula is C9H11ClNO4P. The van der Waals surface area contributed by atoms with Crippen molar-refractivity contribution >= 4 is 29.7 Å². The standard InChI is InChI=1S/C9H11ClNO4P/c1-15-8-5-6(16(2,3)14)4-7(10)9(8)11(12)13/h4-5H,1-3H3. The van der Waals surface area contributed by atoms with E-state index in [0.29, 0.717) is 5.30 Å². The second-order valence-electron chi connectivity index (χ2n) is 3.59. The molecule has 0 aliphatic heterocycles. The molecular weight excluding hydrogens is 253 g/mol. The van der Waals surface area contributed by atoms with Crippen LogP contribution in [0.25, 0.3) is 0 Å². The van der Waals surface area contributed by atoms with Crippen molar-refractivity contribution in [3.8, 4) is 5.75 Å². The number of ether oxygens (including phenoxy) is 1. The molecule has 1 aromatic carbocycles. The van der Waals surface area contributed by atoms with Crippen LogP contribution in [0.3, 0.4) is 0 Å². The van der Waals surface area contributed by atoms with Crippen LogP contribution in [0.5, 0.6) is 5.75 Å². The molecule has 0 amide bonds. The minimum atomic E-state index is -2.52. The van der Waals surface area contributed by atoms with Crippen molar-refractivity contribution in [2.75, 3.05) is 20.4 Å². The van der Waals surface area contributed by atoms with Crippen molar-refractivity contribution in [2.24, 2.45) is 0 Å². The van der Waals surface area contributed by atoms with Crippen molar-refractivity contribution in [3.05, 3.63) is 27.3 Å². The normalized spacial score (nSPS) is 11.2. The summed E-state index contributed by atoms with van der Waals surface area (Å²) in [6.45, 7) is 3.12. The van der Waals surface area contributed by atoms with Crippen LogP contribution < -0.4 is 10.0 Å². The Kier molecular flexibility index (Phi) is 3.61. The fourth-order valence-corrected chi connectivity index (χ4v) is 2.43. The van der Waals surface area contributed by atoms with Gasteiger partial charge in [0.2, 0.25) is 0 Å². The summed E-state index contributed by atoms with van der Waals surface area (Å²) < 4.78 is 16.7. The lowest BCUT2D eigenvalue weighted by Crippen LogP contribution is -2.06. The van der Waals surface area contributed by atoms with E-state index in [1.165, 1.54) is 19.2 Å². The van der Waals surface area contributed by atoms with Crippen LogP contribution in [-0.4, -0.2) is 25.4 Å². The molecule has 0 radical (unpaired) electrons. The average Bonchev–Trinajstić information content (AvgIpc) is 2.14. The summed E-state index contributed by atoms with van der Waals surface area (Å²) in [5, 5.41) is 11.1. The van der Waals surface area contributed by atoms with E-state index in [2.05, 4.69) is 0 Å². The van der Waals surface area contributed by atoms with Crippen LogP contribution in [0.1, 0.15) is 0 Å². The Hall–Kier alpha value is -1.06. The molecule has 0 aliphatic carbocycles. The van der Waals surface area contributed by atoms with E-state index < -0.39 is 12.1 Å². The molecule has 1 rings (SSSR count). The molecule has 0 saturated carbocycles. The predicted octanol–water partition coefficient (Wildman–Crippen LogP) is 2.50. The lowest BCUT2D eigenvalue weighted by molar-refractivity contribution is -0.385. The van der Waals surface area contributed by atoms with Crippen LogP contribution in [0.2, 0.25) is 5.02 Å². The maximum atomic E-state index is 11.8. The maximum absolute atomic E-state index is 11.8. The first kappa shape index (κ1) is 13.0. The minimum absolute atomic E-state index is 0.0245. The average molecular weight is 264 g/mol. The van der Waals surface area contributed by atoms with Crippen LogP contribution in [0, 0.1) is 10.1 Å². The zero-order valence-electron chi connectivity index (χ0n) is 9.06. The third-order valence-corrected chi connectivity index (χ3v) is 3.83. The number of hydrogen-bond acceptors (Lipinski definition) is 4. The Labute approximate surface area is 97.9 Å². The highest BCUT2D eigenvalue weighted by Crippen LogP contribution is 2.41. The number of hydrogen-bond donors (Lipinski definition) is 0. The minimum Gasteiger partial charge on any atom is -0.490 e. The van der Waals surface area contributed by atoms with Gasteiger partial charge in [0.25, 0.3) is 0 Å². The number of benzene rings is 1. The van der Waals surface area contributed by atoms with Gasteiger partial charge in [-0.2, -0.15) is 0 Å². The molecule has 0 fully saturated rings. The Bertz CT molecular complexity index is 483. The molecule has 0 bridgehead atoms. The summed E-state index contributed by atoms with van der Waals surface area (Å²) in [4.78, 5) is 10.1. The fraction of sp³-hybridized carbons (Fsp3) is 0.333. The molecule has 0 aromatic heterocycles. The van der Waals surface area contributed by atoms with Crippen LogP contribution in [0.15, 0.2) is 12.1 Å². The summed E-state index contributed by atoms with van der Waals surface area (Å²) in [5.74, 6) is 0.0245. The quantitative estimate of drug-likeness (QED) is 0.477. The summed E-state index contributed by atoms with van der Waals surface area (Å²) in [5.41, 5.74) is -0.304. The maximum Gasteiger partial charge on any atom is 0.329 e. The van der Waals surface area contributed by atoms with Gasteiger partial charge in [-0.05, 0) is 25.5 Å². The van der Waals surface area contributed by atoms with Crippen LogP contribution >= 0.6 is 18.7 Å². The Balaban J connectivity index is 3.50. The van der Waals surface area contributed by atoms with Gasteiger partial charge in [-0.3, -0.25) is 10.1 Å². The molecule has 0 heterocycles. The number of halogens is 1. The lowest BCUT2D eigenvalue weighted by Gasteiger charge is -2.10. The molecule has 1 aromatic rings. The smallest absolute Gasteiger partial charge is 0.329 e. The molecule has 0 atom stereocenters. The first-order valence-electron chi connectivity index (χ1n) is 4.35. The number of methoxy groups -OCH3 is 1. The van der Waals surface area contributed by atoms with Crippen molar-refractivity contribution in [1.29, 1.82) is 0 Å². The van der Waals surface area contributed by atoms with Gasteiger partial charge < -0.3 is 9.30 Å². The highest BCUT2D eigenvalue weighted by atomic mass is 35.5. The van der Waals surface area contributed by atoms with Crippen molar-refractivity contribution in [1.82, 2.24) is 0 Å². The van der Waals surface area contributed by atoms with E-state index in [-0.39, 0.29) is 16.5 Å². The molecule has 7 heteroatoms. The van der Waals surface area contributed by atoms with Gasteiger partial charge >= 0.3 is 5.69 Å². The van der Waals surface area contributed by atoms with E-state index in [0.717, 1.165) is 0 Å². The lowest BCUT2D eigenvalue weighted by atomic mass is 10.3. The highest BCUT2D eigenvalue weighted by Gasteiger charge is 2.24.